The molecule has 2 aromatic carbocycles. The summed E-state index contributed by atoms with van der Waals surface area (Å²) in [7, 11) is 1.53. The van der Waals surface area contributed by atoms with E-state index in [1.807, 2.05) is 0 Å². The zero-order chi connectivity index (χ0) is 17.7. The number of rotatable bonds is 7. The molecule has 0 radical (unpaired) electrons. The van der Waals surface area contributed by atoms with E-state index in [2.05, 4.69) is 0 Å². The smallest absolute Gasteiger partial charge is 0.173 e. The summed E-state index contributed by atoms with van der Waals surface area (Å²) in [4.78, 5) is 36.8. The van der Waals surface area contributed by atoms with Gasteiger partial charge in [0.15, 0.2) is 11.6 Å². The third-order valence-corrected chi connectivity index (χ3v) is 3.99. The number of carbonyl (C=O) groups is 3. The molecule has 4 nitrogen and oxygen atoms in total. The van der Waals surface area contributed by atoms with E-state index in [9.17, 15) is 14.4 Å². The predicted molar refractivity (Wildman–Crippen MR) is 91.9 cm³/mol. The molecule has 0 fully saturated rings. The number of methoxy groups -OCH3 is 1. The van der Waals surface area contributed by atoms with Crippen LogP contribution in [-0.4, -0.2) is 24.5 Å². The van der Waals surface area contributed by atoms with E-state index in [1.54, 1.807) is 48.5 Å². The molecule has 0 spiro atoms. The first-order chi connectivity index (χ1) is 11.4. The Kier molecular flexibility index (Phi) is 5.88. The second kappa shape index (κ2) is 7.88. The highest BCUT2D eigenvalue weighted by Crippen LogP contribution is 2.20. The van der Waals surface area contributed by atoms with Crippen LogP contribution in [0.4, 0.5) is 0 Å². The molecule has 0 aliphatic rings. The molecule has 1 atom stereocenters. The number of hydrogen-bond donors (Lipinski definition) is 0. The van der Waals surface area contributed by atoms with Crippen LogP contribution in [0.5, 0.6) is 5.75 Å². The predicted octanol–water partition coefficient (Wildman–Crippen LogP) is 4.01. The zero-order valence-corrected chi connectivity index (χ0v) is 14.2. The van der Waals surface area contributed by atoms with Crippen LogP contribution in [-0.2, 0) is 4.79 Å². The van der Waals surface area contributed by atoms with Gasteiger partial charge in [0, 0.05) is 22.6 Å². The largest absolute Gasteiger partial charge is 0.497 e. The van der Waals surface area contributed by atoms with Gasteiger partial charge < -0.3 is 4.74 Å². The van der Waals surface area contributed by atoms with Gasteiger partial charge in [-0.1, -0.05) is 11.6 Å². The van der Waals surface area contributed by atoms with E-state index in [-0.39, 0.29) is 23.8 Å². The first-order valence-corrected chi connectivity index (χ1v) is 7.77. The van der Waals surface area contributed by atoms with Crippen molar-refractivity contribution in [2.45, 2.75) is 13.3 Å². The van der Waals surface area contributed by atoms with Crippen LogP contribution < -0.4 is 4.74 Å². The molecular formula is C19H17ClO4. The highest BCUT2D eigenvalue weighted by molar-refractivity contribution is 6.30. The Balaban J connectivity index is 2.18. The molecule has 0 saturated heterocycles. The minimum atomic E-state index is -0.999. The summed E-state index contributed by atoms with van der Waals surface area (Å²) in [5, 5.41) is 0.518. The summed E-state index contributed by atoms with van der Waals surface area (Å²) in [5.41, 5.74) is 0.799. The molecular weight excluding hydrogens is 328 g/mol. The molecule has 2 rings (SSSR count). The minimum absolute atomic E-state index is 0.165. The van der Waals surface area contributed by atoms with Crippen molar-refractivity contribution < 1.29 is 19.1 Å². The van der Waals surface area contributed by atoms with E-state index in [0.29, 0.717) is 21.9 Å². The van der Waals surface area contributed by atoms with Crippen molar-refractivity contribution in [1.82, 2.24) is 0 Å². The fraction of sp³-hybridized carbons (Fsp3) is 0.211. The van der Waals surface area contributed by atoms with Gasteiger partial charge in [0.25, 0.3) is 0 Å². The fourth-order valence-corrected chi connectivity index (χ4v) is 2.44. The van der Waals surface area contributed by atoms with Crippen molar-refractivity contribution in [2.75, 3.05) is 7.11 Å². The molecule has 0 aromatic heterocycles. The molecule has 0 aliphatic carbocycles. The van der Waals surface area contributed by atoms with E-state index < -0.39 is 5.92 Å². The summed E-state index contributed by atoms with van der Waals surface area (Å²) < 4.78 is 5.05. The normalized spacial score (nSPS) is 11.6. The second-order valence-electron chi connectivity index (χ2n) is 5.39. The third kappa shape index (κ3) is 4.30. The topological polar surface area (TPSA) is 60.4 Å². The van der Waals surface area contributed by atoms with Gasteiger partial charge in [0.05, 0.1) is 13.0 Å². The van der Waals surface area contributed by atoms with Crippen molar-refractivity contribution in [3.8, 4) is 5.75 Å². The van der Waals surface area contributed by atoms with E-state index in [4.69, 9.17) is 16.3 Å². The lowest BCUT2D eigenvalue weighted by Gasteiger charge is -2.12. The molecule has 0 aliphatic heterocycles. The maximum atomic E-state index is 12.6. The van der Waals surface area contributed by atoms with E-state index in [0.717, 1.165) is 0 Å². The van der Waals surface area contributed by atoms with Gasteiger partial charge in [-0.05, 0) is 55.5 Å². The highest BCUT2D eigenvalue weighted by Gasteiger charge is 2.27. The van der Waals surface area contributed by atoms with Gasteiger partial charge in [-0.2, -0.15) is 0 Å². The first kappa shape index (κ1) is 17.9. The second-order valence-corrected chi connectivity index (χ2v) is 5.83. The summed E-state index contributed by atoms with van der Waals surface area (Å²) in [6.45, 7) is 1.32. The molecule has 0 N–H and O–H groups in total. The van der Waals surface area contributed by atoms with Gasteiger partial charge in [0.1, 0.15) is 11.5 Å². The average molecular weight is 345 g/mol. The lowest BCUT2D eigenvalue weighted by atomic mass is 9.88. The minimum Gasteiger partial charge on any atom is -0.497 e. The Morgan fingerprint density at radius 3 is 2.00 bits per heavy atom. The number of ketones is 3. The Morgan fingerprint density at radius 1 is 0.958 bits per heavy atom. The van der Waals surface area contributed by atoms with Crippen molar-refractivity contribution in [1.29, 1.82) is 0 Å². The summed E-state index contributed by atoms with van der Waals surface area (Å²) in [6, 6.07) is 12.8. The standard InChI is InChI=1S/C19H17ClO4/c1-12(21)17(11-18(22)13-3-7-15(20)8-4-13)19(23)14-5-9-16(24-2)10-6-14/h3-10,17H,11H2,1-2H3. The lowest BCUT2D eigenvalue weighted by Crippen LogP contribution is -2.25. The van der Waals surface area contributed by atoms with Crippen LogP contribution in [0.2, 0.25) is 5.02 Å². The van der Waals surface area contributed by atoms with E-state index in [1.165, 1.54) is 14.0 Å². The molecule has 0 heterocycles. The van der Waals surface area contributed by atoms with Crippen LogP contribution in [0, 0.1) is 5.92 Å². The van der Waals surface area contributed by atoms with Gasteiger partial charge in [-0.3, -0.25) is 14.4 Å². The monoisotopic (exact) mass is 344 g/mol. The third-order valence-electron chi connectivity index (χ3n) is 3.74. The number of Topliss-reactive ketones (excluding diaryl/α,β-unsaturated/α-hetero) is 3. The SMILES string of the molecule is COc1ccc(C(=O)C(CC(=O)c2ccc(Cl)cc2)C(C)=O)cc1. The molecule has 0 bridgehead atoms. The number of halogens is 1. The van der Waals surface area contributed by atoms with Crippen LogP contribution >= 0.6 is 11.6 Å². The number of ether oxygens (including phenoxy) is 1. The molecule has 24 heavy (non-hydrogen) atoms. The number of carbonyl (C=O) groups excluding carboxylic acids is 3. The van der Waals surface area contributed by atoms with Crippen molar-refractivity contribution >= 4 is 29.0 Å². The van der Waals surface area contributed by atoms with Gasteiger partial charge in [0.2, 0.25) is 0 Å². The first-order valence-electron chi connectivity index (χ1n) is 7.40. The molecule has 124 valence electrons. The van der Waals surface area contributed by atoms with Crippen LogP contribution in [0.1, 0.15) is 34.1 Å². The summed E-state index contributed by atoms with van der Waals surface area (Å²) in [6.07, 6.45) is -0.165. The Morgan fingerprint density at radius 2 is 1.50 bits per heavy atom. The molecule has 0 amide bonds. The van der Waals surface area contributed by atoms with Crippen LogP contribution in [0.25, 0.3) is 0 Å². The number of benzene rings is 2. The maximum absolute atomic E-state index is 12.6. The van der Waals surface area contributed by atoms with Crippen molar-refractivity contribution in [2.24, 2.45) is 5.92 Å². The molecule has 5 heteroatoms. The summed E-state index contributed by atoms with van der Waals surface area (Å²) >= 11 is 5.80. The van der Waals surface area contributed by atoms with Crippen molar-refractivity contribution in [3.05, 3.63) is 64.7 Å². The van der Waals surface area contributed by atoms with Crippen molar-refractivity contribution in [3.63, 3.8) is 0 Å². The lowest BCUT2D eigenvalue weighted by molar-refractivity contribution is -0.119. The molecule has 1 unspecified atom stereocenters. The summed E-state index contributed by atoms with van der Waals surface area (Å²) in [5.74, 6) is -1.36. The van der Waals surface area contributed by atoms with E-state index >= 15 is 0 Å². The Hall–Kier alpha value is -2.46. The highest BCUT2D eigenvalue weighted by atomic mass is 35.5. The Labute approximate surface area is 145 Å². The molecule has 2 aromatic rings. The van der Waals surface area contributed by atoms with Gasteiger partial charge in [-0.25, -0.2) is 0 Å². The van der Waals surface area contributed by atoms with Crippen LogP contribution in [0.15, 0.2) is 48.5 Å². The van der Waals surface area contributed by atoms with Gasteiger partial charge >= 0.3 is 0 Å². The molecule has 0 saturated carbocycles. The zero-order valence-electron chi connectivity index (χ0n) is 13.4. The maximum Gasteiger partial charge on any atom is 0.173 e. The van der Waals surface area contributed by atoms with Crippen LogP contribution in [0.3, 0.4) is 0 Å². The quantitative estimate of drug-likeness (QED) is 0.562. The van der Waals surface area contributed by atoms with Gasteiger partial charge in [-0.15, -0.1) is 0 Å². The average Bonchev–Trinajstić information content (AvgIpc) is 2.59. The Bertz CT molecular complexity index is 748. The fourth-order valence-electron chi connectivity index (χ4n) is 2.32. The number of hydrogen-bond acceptors (Lipinski definition) is 4.